The van der Waals surface area contributed by atoms with Crippen LogP contribution in [0.3, 0.4) is 0 Å². The number of ether oxygens (including phenoxy) is 3. The molecule has 2 aliphatic rings. The van der Waals surface area contributed by atoms with Gasteiger partial charge in [0.15, 0.2) is 12.1 Å². The molecule has 2 heterocycles. The van der Waals surface area contributed by atoms with Gasteiger partial charge in [0.05, 0.1) is 43.5 Å². The molecule has 0 bridgehead atoms. The predicted octanol–water partition coefficient (Wildman–Crippen LogP) is 1.40. The lowest BCUT2D eigenvalue weighted by Crippen LogP contribution is -2.63. The van der Waals surface area contributed by atoms with Gasteiger partial charge >= 0.3 is 5.97 Å². The monoisotopic (exact) mass is 597 g/mol. The molecule has 2 aliphatic heterocycles. The summed E-state index contributed by atoms with van der Waals surface area (Å²) in [6, 6.07) is -0.711. The molecule has 42 heavy (non-hydrogen) atoms. The van der Waals surface area contributed by atoms with Crippen LogP contribution in [0.4, 0.5) is 0 Å². The van der Waals surface area contributed by atoms with Crippen molar-refractivity contribution in [1.82, 2.24) is 4.90 Å². The molecule has 240 valence electrons. The van der Waals surface area contributed by atoms with E-state index in [9.17, 15) is 34.8 Å². The maximum atomic E-state index is 13.1. The molecule has 11 heteroatoms. The van der Waals surface area contributed by atoms with Crippen molar-refractivity contribution < 1.29 is 49.0 Å². The number of aliphatic hydroxyl groups is 4. The number of ketones is 1. The number of allylic oxidation sites excluding steroid dienone is 3. The Morgan fingerprint density at radius 3 is 2.33 bits per heavy atom. The number of hydrogen-bond donors (Lipinski definition) is 4. The van der Waals surface area contributed by atoms with E-state index >= 15 is 0 Å². The minimum atomic E-state index is -1.27. The van der Waals surface area contributed by atoms with Crippen molar-refractivity contribution in [2.45, 2.75) is 109 Å². The number of aldehydes is 1. The van der Waals surface area contributed by atoms with E-state index in [4.69, 9.17) is 14.2 Å². The number of esters is 1. The summed E-state index contributed by atoms with van der Waals surface area (Å²) < 4.78 is 17.9. The van der Waals surface area contributed by atoms with E-state index in [-0.39, 0.29) is 31.7 Å². The molecule has 0 aromatic rings. The van der Waals surface area contributed by atoms with E-state index in [1.165, 1.54) is 6.08 Å². The molecule has 0 aromatic heterocycles. The highest BCUT2D eigenvalue weighted by Crippen LogP contribution is 2.34. The predicted molar refractivity (Wildman–Crippen MR) is 155 cm³/mol. The fourth-order valence-corrected chi connectivity index (χ4v) is 5.93. The number of nitrogens with zero attached hydrogens (tertiary/aromatic N) is 1. The summed E-state index contributed by atoms with van der Waals surface area (Å²) in [5.74, 6) is -3.16. The second-order valence-corrected chi connectivity index (χ2v) is 12.1. The third-order valence-electron chi connectivity index (χ3n) is 8.56. The van der Waals surface area contributed by atoms with Crippen LogP contribution in [0.2, 0.25) is 0 Å². The number of carbonyl (C=O) groups is 3. The van der Waals surface area contributed by atoms with Crippen molar-refractivity contribution in [3.8, 4) is 0 Å². The molecule has 2 rings (SSSR count). The lowest BCUT2D eigenvalue weighted by molar-refractivity contribution is -0.304. The number of likely N-dealkylation sites (N-methyl/N-ethyl adjacent to an activating group) is 1. The van der Waals surface area contributed by atoms with Gasteiger partial charge in [-0.1, -0.05) is 38.5 Å². The molecule has 0 unspecified atom stereocenters. The smallest absolute Gasteiger partial charge is 0.308 e. The van der Waals surface area contributed by atoms with Crippen LogP contribution in [0.1, 0.15) is 60.3 Å². The van der Waals surface area contributed by atoms with Crippen LogP contribution < -0.4 is 0 Å². The zero-order valence-electron chi connectivity index (χ0n) is 26.0. The van der Waals surface area contributed by atoms with Gasteiger partial charge in [-0.2, -0.15) is 0 Å². The Balaban J connectivity index is 2.52. The summed E-state index contributed by atoms with van der Waals surface area (Å²) in [4.78, 5) is 39.6. The molecule has 0 aliphatic carbocycles. The van der Waals surface area contributed by atoms with Crippen LogP contribution in [0, 0.1) is 23.7 Å². The van der Waals surface area contributed by atoms with Crippen LogP contribution >= 0.6 is 0 Å². The number of carbonyl (C=O) groups excluding carboxylic acids is 3. The second kappa shape index (κ2) is 16.7. The summed E-state index contributed by atoms with van der Waals surface area (Å²) in [6.07, 6.45) is -1.12. The minimum Gasteiger partial charge on any atom is -0.462 e. The molecule has 1 fully saturated rings. The van der Waals surface area contributed by atoms with Crippen molar-refractivity contribution in [2.75, 3.05) is 20.7 Å². The Morgan fingerprint density at radius 1 is 1.10 bits per heavy atom. The van der Waals surface area contributed by atoms with Crippen molar-refractivity contribution >= 4 is 18.0 Å². The molecule has 0 radical (unpaired) electrons. The number of cyclic esters (lactones) is 1. The molecule has 0 aromatic carbocycles. The van der Waals surface area contributed by atoms with Crippen molar-refractivity contribution in [3.63, 3.8) is 0 Å². The van der Waals surface area contributed by atoms with Crippen LogP contribution in [-0.4, -0.2) is 113 Å². The molecule has 12 atom stereocenters. The lowest BCUT2D eigenvalue weighted by Gasteiger charge is -2.46. The normalized spacial score (nSPS) is 41.6. The second-order valence-electron chi connectivity index (χ2n) is 12.1. The molecule has 0 amide bonds. The topological polar surface area (TPSA) is 163 Å². The van der Waals surface area contributed by atoms with Crippen LogP contribution in [0.25, 0.3) is 0 Å². The van der Waals surface area contributed by atoms with Crippen LogP contribution in [0.5, 0.6) is 0 Å². The molecule has 0 saturated carbocycles. The zero-order chi connectivity index (χ0) is 31.7. The first-order valence-corrected chi connectivity index (χ1v) is 14.9. The first-order chi connectivity index (χ1) is 19.7. The average Bonchev–Trinajstić information content (AvgIpc) is 2.93. The maximum Gasteiger partial charge on any atom is 0.308 e. The summed E-state index contributed by atoms with van der Waals surface area (Å²) >= 11 is 0. The number of aliphatic hydroxyl groups excluding tert-OH is 4. The first-order valence-electron chi connectivity index (χ1n) is 14.9. The van der Waals surface area contributed by atoms with Crippen molar-refractivity contribution in [3.05, 3.63) is 23.8 Å². The molecule has 0 spiro atoms. The number of rotatable bonds is 7. The summed E-state index contributed by atoms with van der Waals surface area (Å²) in [5.41, 5.74) is 0.714. The van der Waals surface area contributed by atoms with Gasteiger partial charge in [0, 0.05) is 24.2 Å². The van der Waals surface area contributed by atoms with Gasteiger partial charge < -0.3 is 44.3 Å². The number of hydrogen-bond acceptors (Lipinski definition) is 11. The maximum absolute atomic E-state index is 13.1. The highest BCUT2D eigenvalue weighted by Gasteiger charge is 2.47. The SMILES string of the molecule is CC[C@H]1OC(=O)C[C@@H](O)[C@H](C)[C@@H](O[C@@H]2O[C@H](C)[C@@H](O)[C@H](N(C)C)[C@H]2O)[C@@H](CC=O)C[C@@H](C)C(=O)/C=C/C(C)=C/[C@H]1CO. The van der Waals surface area contributed by atoms with Crippen LogP contribution in [0.15, 0.2) is 23.8 Å². The first kappa shape index (κ1) is 36.2. The summed E-state index contributed by atoms with van der Waals surface area (Å²) in [5, 5.41) is 43.0. The summed E-state index contributed by atoms with van der Waals surface area (Å²) in [7, 11) is 3.43. The average molecular weight is 598 g/mol. The van der Waals surface area contributed by atoms with E-state index in [0.717, 1.165) is 6.29 Å². The fourth-order valence-electron chi connectivity index (χ4n) is 5.93. The van der Waals surface area contributed by atoms with Gasteiger partial charge in [-0.15, -0.1) is 0 Å². The molecule has 1 saturated heterocycles. The van der Waals surface area contributed by atoms with Gasteiger partial charge in [-0.05, 0) is 52.8 Å². The van der Waals surface area contributed by atoms with E-state index in [2.05, 4.69) is 0 Å². The minimum absolute atomic E-state index is 0.000625. The van der Waals surface area contributed by atoms with Gasteiger partial charge in [-0.3, -0.25) is 9.59 Å². The summed E-state index contributed by atoms with van der Waals surface area (Å²) in [6.45, 7) is 8.42. The zero-order valence-corrected chi connectivity index (χ0v) is 26.0. The van der Waals surface area contributed by atoms with Gasteiger partial charge in [0.1, 0.15) is 18.5 Å². The van der Waals surface area contributed by atoms with E-state index in [0.29, 0.717) is 12.0 Å². The van der Waals surface area contributed by atoms with E-state index in [1.54, 1.807) is 58.8 Å². The van der Waals surface area contributed by atoms with Gasteiger partial charge in [-0.25, -0.2) is 0 Å². The Kier molecular flexibility index (Phi) is 14.4. The standard InChI is InChI=1S/C31H51NO10/c1-8-25-22(16-34)13-17(2)9-10-23(35)18(3)14-21(11-12-33)30(19(4)24(36)15-26(37)41-25)42-31-29(39)27(32(6)7)28(38)20(5)40-31/h9-10,12-13,18-22,24-25,27-31,34,36,38-39H,8,11,14-16H2,1-7H3/b10-9+,17-13+/t18-,19+,20-,21+,22+,24-,25-,27+,28-,29-,30-,31+/m1/s1. The van der Waals surface area contributed by atoms with E-state index in [1.807, 2.05) is 6.92 Å². The highest BCUT2D eigenvalue weighted by molar-refractivity contribution is 5.91. The Labute approximate surface area is 249 Å². The fraction of sp³-hybridized carbons (Fsp3) is 0.774. The Bertz CT molecular complexity index is 952. The third kappa shape index (κ3) is 9.51. The lowest BCUT2D eigenvalue weighted by atomic mass is 9.79. The van der Waals surface area contributed by atoms with Crippen molar-refractivity contribution in [1.29, 1.82) is 0 Å². The molecular formula is C31H51NO10. The Hall–Kier alpha value is -1.99. The molecule has 4 N–H and O–H groups in total. The largest absolute Gasteiger partial charge is 0.462 e. The van der Waals surface area contributed by atoms with E-state index < -0.39 is 78.6 Å². The van der Waals surface area contributed by atoms with Crippen LogP contribution in [-0.2, 0) is 28.6 Å². The Morgan fingerprint density at radius 2 is 1.76 bits per heavy atom. The molecular weight excluding hydrogens is 546 g/mol. The quantitative estimate of drug-likeness (QED) is 0.248. The van der Waals surface area contributed by atoms with Crippen molar-refractivity contribution in [2.24, 2.45) is 23.7 Å². The van der Waals surface area contributed by atoms with Gasteiger partial charge in [0.25, 0.3) is 0 Å². The van der Waals surface area contributed by atoms with Gasteiger partial charge in [0.2, 0.25) is 0 Å². The third-order valence-corrected chi connectivity index (χ3v) is 8.56. The molecule has 11 nitrogen and oxygen atoms in total. The highest BCUT2D eigenvalue weighted by atomic mass is 16.7.